The molecule has 3 N–H and O–H groups in total. The van der Waals surface area contributed by atoms with Gasteiger partial charge in [0.2, 0.25) is 11.0 Å². The van der Waals surface area contributed by atoms with Crippen molar-refractivity contribution >= 4 is 51.7 Å². The molecule has 1 saturated heterocycles. The van der Waals surface area contributed by atoms with Crippen molar-refractivity contribution < 1.29 is 29.1 Å². The Balaban J connectivity index is 0.884. The number of nitrogens with one attached hydrogen (secondary N) is 2. The fourth-order valence-corrected chi connectivity index (χ4v) is 13.8. The number of aromatic nitrogens is 2. The van der Waals surface area contributed by atoms with Crippen molar-refractivity contribution in [1.29, 1.82) is 0 Å². The number of ether oxygens (including phenoxy) is 1. The number of phenols is 1. The van der Waals surface area contributed by atoms with Gasteiger partial charge >= 0.3 is 5.97 Å². The Morgan fingerprint density at radius 1 is 0.644 bits per heavy atom. The van der Waals surface area contributed by atoms with E-state index in [1.807, 2.05) is 235 Å². The lowest BCUT2D eigenvalue weighted by Crippen LogP contribution is -2.71. The molecule has 2 amide bonds. The first-order chi connectivity index (χ1) is 44.2. The lowest BCUT2D eigenvalue weighted by atomic mass is 9.77. The maximum absolute atomic E-state index is 15.7. The number of thioether (sulfide) groups is 1. The Morgan fingerprint density at radius 2 is 1.13 bits per heavy atom. The van der Waals surface area contributed by atoms with E-state index in [9.17, 15) is 9.90 Å². The summed E-state index contributed by atoms with van der Waals surface area (Å²) in [6.07, 6.45) is 6.48. The van der Waals surface area contributed by atoms with Gasteiger partial charge in [-0.05, 0) is 57.2 Å². The largest absolute Gasteiger partial charge is 0.504 e. The molecule has 1 fully saturated rings. The number of fused-ring (bicyclic) bond motifs is 2. The van der Waals surface area contributed by atoms with E-state index in [1.165, 1.54) is 40.1 Å². The van der Waals surface area contributed by atoms with E-state index in [0.717, 1.165) is 44.5 Å². The van der Waals surface area contributed by atoms with Crippen molar-refractivity contribution in [2.75, 3.05) is 11.1 Å². The molecular weight excluding hydrogens is 1160 g/mol. The highest BCUT2D eigenvalue weighted by Crippen LogP contribution is 2.45. The highest BCUT2D eigenvalue weighted by atomic mass is 32.2. The van der Waals surface area contributed by atoms with Crippen LogP contribution in [0.3, 0.4) is 0 Å². The Kier molecular flexibility index (Phi) is 16.7. The molecule has 13 rings (SSSR count). The minimum Gasteiger partial charge on any atom is -0.504 e. The van der Waals surface area contributed by atoms with Gasteiger partial charge in [-0.3, -0.25) is 19.3 Å². The number of benzene rings is 9. The first-order valence-electron chi connectivity index (χ1n) is 29.3. The third-order valence-corrected chi connectivity index (χ3v) is 18.2. The van der Waals surface area contributed by atoms with Gasteiger partial charge in [-0.15, -0.1) is 23.1 Å². The number of aromatic hydroxyl groups is 1. The molecule has 0 bridgehead atoms. The van der Waals surface area contributed by atoms with Crippen molar-refractivity contribution in [2.45, 2.75) is 35.2 Å². The van der Waals surface area contributed by atoms with Gasteiger partial charge in [0.15, 0.2) is 22.7 Å². The Labute approximate surface area is 528 Å². The van der Waals surface area contributed by atoms with Gasteiger partial charge in [-0.25, -0.2) is 9.78 Å². The molecule has 2 atom stereocenters. The number of hydrogen-bond donors (Lipinski definition) is 3. The number of carbonyl (C=O) groups excluding carboxylic acids is 3. The van der Waals surface area contributed by atoms with Crippen LogP contribution >= 0.6 is 23.1 Å². The number of oxime groups is 1. The van der Waals surface area contributed by atoms with Crippen LogP contribution in [-0.4, -0.2) is 60.2 Å². The molecule has 3 aliphatic heterocycles. The molecule has 90 heavy (non-hydrogen) atoms. The van der Waals surface area contributed by atoms with Gasteiger partial charge in [0, 0.05) is 52.3 Å². The van der Waals surface area contributed by atoms with Crippen LogP contribution in [0.15, 0.2) is 312 Å². The van der Waals surface area contributed by atoms with Crippen LogP contribution in [0.25, 0.3) is 11.1 Å². The highest BCUT2D eigenvalue weighted by Gasteiger charge is 2.55. The number of rotatable bonds is 20. The van der Waals surface area contributed by atoms with E-state index in [2.05, 4.69) is 47.0 Å². The van der Waals surface area contributed by atoms with Crippen molar-refractivity contribution in [3.05, 3.63) is 362 Å². The monoisotopic (exact) mass is 1220 g/mol. The average molecular weight is 1220 g/mol. The number of pyridine rings is 1. The third kappa shape index (κ3) is 11.5. The zero-order chi connectivity index (χ0) is 61.4. The second kappa shape index (κ2) is 25.8. The topological polar surface area (TPSA) is 164 Å². The van der Waals surface area contributed by atoms with Crippen LogP contribution in [0.2, 0.25) is 0 Å². The number of thiazole rings is 1. The van der Waals surface area contributed by atoms with Crippen LogP contribution in [0.4, 0.5) is 5.13 Å². The zero-order valence-corrected chi connectivity index (χ0v) is 50.0. The van der Waals surface area contributed by atoms with Gasteiger partial charge in [-0.1, -0.05) is 260 Å². The quantitative estimate of drug-likeness (QED) is 0.0220. The molecular formula is C75H58N6O7S2. The molecule has 9 aromatic rings. The van der Waals surface area contributed by atoms with Gasteiger partial charge < -0.3 is 29.9 Å². The number of esters is 1. The summed E-state index contributed by atoms with van der Waals surface area (Å²) in [5.74, 6) is -2.10. The molecule has 0 spiro atoms. The Morgan fingerprint density at radius 3 is 1.64 bits per heavy atom. The SMILES string of the molecule is O=C(OC(c1ccccc1)c1ccccc1)C1=C(/C=C/Cn2ccc3cc(=O)c(O)cc-3c2)CS[C@H]2C(NC(=O)/C(=N\OC(c3ccccc3)(c3ccccc3)c3ccccc3)c3csc(NC(c4ccccc4)(c4ccccc4)c4ccccc4)n3)C(=O)N12. The minimum absolute atomic E-state index is 0.0447. The molecule has 1 aliphatic carbocycles. The lowest BCUT2D eigenvalue weighted by Gasteiger charge is -2.49. The van der Waals surface area contributed by atoms with Gasteiger partial charge in [0.1, 0.15) is 28.3 Å². The van der Waals surface area contributed by atoms with E-state index in [1.54, 1.807) is 11.4 Å². The highest BCUT2D eigenvalue weighted by molar-refractivity contribution is 8.00. The number of amides is 2. The number of allylic oxidation sites excluding steroid dienone is 2. The van der Waals surface area contributed by atoms with Crippen molar-refractivity contribution in [2.24, 2.45) is 5.16 Å². The fraction of sp³-hybridized carbons (Fsp3) is 0.0933. The van der Waals surface area contributed by atoms with E-state index in [0.29, 0.717) is 28.4 Å². The van der Waals surface area contributed by atoms with Crippen molar-refractivity contribution in [3.8, 4) is 16.9 Å². The van der Waals surface area contributed by atoms with Crippen molar-refractivity contribution in [1.82, 2.24) is 19.8 Å². The summed E-state index contributed by atoms with van der Waals surface area (Å²) in [6.45, 7) is 0.336. The third-order valence-electron chi connectivity index (χ3n) is 16.1. The Hall–Kier alpha value is -10.9. The smallest absolute Gasteiger partial charge is 0.356 e. The molecule has 0 saturated carbocycles. The summed E-state index contributed by atoms with van der Waals surface area (Å²) < 4.78 is 8.39. The van der Waals surface area contributed by atoms with E-state index >= 15 is 14.4 Å². The van der Waals surface area contributed by atoms with Crippen LogP contribution in [0.5, 0.6) is 5.75 Å². The number of phenolic OH excluding ortho intramolecular Hbond substituents is 1. The summed E-state index contributed by atoms with van der Waals surface area (Å²) >= 11 is 2.69. The van der Waals surface area contributed by atoms with Crippen molar-refractivity contribution in [3.63, 3.8) is 0 Å². The Bertz CT molecular complexity index is 4230. The number of hydrogen-bond acceptors (Lipinski definition) is 12. The molecule has 0 radical (unpaired) electrons. The molecule has 15 heteroatoms. The summed E-state index contributed by atoms with van der Waals surface area (Å²) in [6, 6.07) is 81.8. The predicted octanol–water partition coefficient (Wildman–Crippen LogP) is 13.5. The first kappa shape index (κ1) is 58.2. The molecule has 13 nitrogen and oxygen atoms in total. The maximum atomic E-state index is 15.7. The fourth-order valence-electron chi connectivity index (χ4n) is 11.8. The van der Waals surface area contributed by atoms with E-state index in [-0.39, 0.29) is 28.6 Å². The number of nitrogens with zero attached hydrogens (tertiary/aromatic N) is 4. The van der Waals surface area contributed by atoms with E-state index < -0.39 is 51.9 Å². The normalized spacial score (nSPS) is 15.1. The van der Waals surface area contributed by atoms with E-state index in [4.69, 9.17) is 19.7 Å². The molecule has 8 aromatic carbocycles. The molecule has 1 aromatic heterocycles. The lowest BCUT2D eigenvalue weighted by molar-refractivity contribution is -0.154. The summed E-state index contributed by atoms with van der Waals surface area (Å²) in [5.41, 5.74) is 5.57. The first-order valence-corrected chi connectivity index (χ1v) is 31.2. The second-order valence-corrected chi connectivity index (χ2v) is 23.6. The standard InChI is InChI=1S/C75H58N6O7S2/c82-63-46-53-43-45-80(48-55(53)47-64(63)83)44-25-30-54-49-89-71-66(70(85)81(71)67(54)72(86)87-68(51-26-9-1-10-27-51)52-28-11-2-12-29-52)77-69(84)65(79-88-75(59-37-19-6-20-38-59,60-39-21-7-22-40-60)61-41-23-8-24-42-61)62-50-90-73(76-62)78-74(56-31-13-3-14-32-56,57-33-15-4-16-34-57)58-35-17-5-18-36-58/h1-43,45-48,50,66,68,71,83H,44,49H2,(H,76,78)(H,77,84)/b30-25+,79-65-/t66?,71-/m0/s1. The van der Waals surface area contributed by atoms with Crippen LogP contribution in [-0.2, 0) is 41.6 Å². The second-order valence-electron chi connectivity index (χ2n) is 21.7. The number of anilines is 1. The minimum atomic E-state index is -1.41. The molecule has 4 aliphatic rings. The summed E-state index contributed by atoms with van der Waals surface area (Å²) in [4.78, 5) is 71.9. The molecule has 1 unspecified atom stereocenters. The summed E-state index contributed by atoms with van der Waals surface area (Å²) in [5, 5.41) is 23.5. The van der Waals surface area contributed by atoms with Crippen LogP contribution in [0, 0.1) is 0 Å². The number of carbonyl (C=O) groups is 3. The van der Waals surface area contributed by atoms with Crippen LogP contribution < -0.4 is 16.1 Å². The molecule has 442 valence electrons. The molecule has 4 heterocycles. The average Bonchev–Trinajstić information content (AvgIpc) is 0.807. The van der Waals surface area contributed by atoms with Gasteiger partial charge in [-0.2, -0.15) is 0 Å². The maximum Gasteiger partial charge on any atom is 0.356 e. The van der Waals surface area contributed by atoms with Crippen LogP contribution in [0.1, 0.15) is 56.3 Å². The zero-order valence-electron chi connectivity index (χ0n) is 48.4. The number of β-lactam (4-membered cyclic amide) rings is 1. The predicted molar refractivity (Wildman–Crippen MR) is 353 cm³/mol. The summed E-state index contributed by atoms with van der Waals surface area (Å²) in [7, 11) is 0. The van der Waals surface area contributed by atoms with Gasteiger partial charge in [0.25, 0.3) is 11.8 Å². The van der Waals surface area contributed by atoms with Gasteiger partial charge in [0.05, 0.1) is 0 Å².